The molecular weight excluding hydrogens is 248 g/mol. The lowest BCUT2D eigenvalue weighted by atomic mass is 10.1. The zero-order valence-electron chi connectivity index (χ0n) is 10.8. The minimum atomic E-state index is 0.273. The zero-order chi connectivity index (χ0) is 13.8. The predicted octanol–water partition coefficient (Wildman–Crippen LogP) is 3.95. The highest BCUT2D eigenvalue weighted by molar-refractivity contribution is 5.71. The van der Waals surface area contributed by atoms with Crippen LogP contribution >= 0.6 is 0 Å². The lowest BCUT2D eigenvalue weighted by Crippen LogP contribution is -1.75. The molecule has 0 aliphatic rings. The molecule has 0 unspecified atom stereocenters. The first-order valence-corrected chi connectivity index (χ1v) is 6.39. The van der Waals surface area contributed by atoms with E-state index in [2.05, 4.69) is 10.2 Å². The molecule has 3 aromatic rings. The van der Waals surface area contributed by atoms with Crippen LogP contribution in [0.4, 0.5) is 0 Å². The van der Waals surface area contributed by atoms with Gasteiger partial charge in [-0.05, 0) is 29.8 Å². The van der Waals surface area contributed by atoms with E-state index in [-0.39, 0.29) is 5.75 Å². The molecule has 2 N–H and O–H groups in total. The third-order valence-corrected chi connectivity index (χ3v) is 3.02. The Labute approximate surface area is 117 Å². The molecule has 0 saturated carbocycles. The lowest BCUT2D eigenvalue weighted by Gasteiger charge is -1.93. The SMILES string of the molecule is Oc1ccc(C=Cc2cc(-c3ccccc3)n[nH]2)cc1. The Balaban J connectivity index is 1.79. The number of aromatic hydroxyl groups is 1. The Morgan fingerprint density at radius 1 is 0.900 bits per heavy atom. The van der Waals surface area contributed by atoms with Crippen molar-refractivity contribution in [3.8, 4) is 17.0 Å². The average molecular weight is 262 g/mol. The minimum Gasteiger partial charge on any atom is -0.508 e. The standard InChI is InChI=1S/C17H14N2O/c20-16-10-7-13(8-11-16)6-9-15-12-17(19-18-15)14-4-2-1-3-5-14/h1-12,20H,(H,18,19). The van der Waals surface area contributed by atoms with Gasteiger partial charge in [0.25, 0.3) is 0 Å². The van der Waals surface area contributed by atoms with Crippen LogP contribution < -0.4 is 0 Å². The monoisotopic (exact) mass is 262 g/mol. The van der Waals surface area contributed by atoms with Gasteiger partial charge >= 0.3 is 0 Å². The van der Waals surface area contributed by atoms with E-state index in [0.29, 0.717) is 0 Å². The first-order valence-electron chi connectivity index (χ1n) is 6.39. The van der Waals surface area contributed by atoms with E-state index in [1.807, 2.05) is 60.7 Å². The van der Waals surface area contributed by atoms with Crippen LogP contribution in [0.3, 0.4) is 0 Å². The molecule has 0 atom stereocenters. The number of nitrogens with zero attached hydrogens (tertiary/aromatic N) is 1. The molecule has 20 heavy (non-hydrogen) atoms. The van der Waals surface area contributed by atoms with Crippen LogP contribution in [-0.4, -0.2) is 15.3 Å². The first kappa shape index (κ1) is 12.2. The molecule has 3 rings (SSSR count). The molecule has 0 bridgehead atoms. The van der Waals surface area contributed by atoms with Gasteiger partial charge < -0.3 is 5.11 Å². The summed E-state index contributed by atoms with van der Waals surface area (Å²) in [7, 11) is 0. The Kier molecular flexibility index (Phi) is 3.33. The summed E-state index contributed by atoms with van der Waals surface area (Å²) in [5.74, 6) is 0.273. The summed E-state index contributed by atoms with van der Waals surface area (Å²) < 4.78 is 0. The molecule has 0 aliphatic carbocycles. The van der Waals surface area contributed by atoms with Gasteiger partial charge in [-0.2, -0.15) is 5.10 Å². The van der Waals surface area contributed by atoms with E-state index < -0.39 is 0 Å². The topological polar surface area (TPSA) is 48.9 Å². The fourth-order valence-electron chi connectivity index (χ4n) is 1.95. The largest absolute Gasteiger partial charge is 0.508 e. The van der Waals surface area contributed by atoms with Crippen LogP contribution in [0, 0.1) is 0 Å². The van der Waals surface area contributed by atoms with Crippen molar-refractivity contribution >= 4 is 12.2 Å². The summed E-state index contributed by atoms with van der Waals surface area (Å²) in [5.41, 5.74) is 3.99. The second-order valence-corrected chi connectivity index (χ2v) is 4.50. The maximum atomic E-state index is 9.23. The second-order valence-electron chi connectivity index (χ2n) is 4.50. The molecule has 0 spiro atoms. The third-order valence-electron chi connectivity index (χ3n) is 3.02. The number of hydrogen-bond donors (Lipinski definition) is 2. The maximum Gasteiger partial charge on any atom is 0.115 e. The smallest absolute Gasteiger partial charge is 0.115 e. The van der Waals surface area contributed by atoms with Crippen molar-refractivity contribution < 1.29 is 5.11 Å². The highest BCUT2D eigenvalue weighted by Crippen LogP contribution is 2.18. The number of rotatable bonds is 3. The van der Waals surface area contributed by atoms with Gasteiger partial charge in [-0.15, -0.1) is 0 Å². The van der Waals surface area contributed by atoms with Gasteiger partial charge in [-0.25, -0.2) is 0 Å². The molecule has 0 aliphatic heterocycles. The maximum absolute atomic E-state index is 9.23. The van der Waals surface area contributed by atoms with E-state index in [4.69, 9.17) is 0 Å². The van der Waals surface area contributed by atoms with Crippen LogP contribution in [-0.2, 0) is 0 Å². The van der Waals surface area contributed by atoms with Gasteiger partial charge in [0.2, 0.25) is 0 Å². The fraction of sp³-hybridized carbons (Fsp3) is 0. The number of hydrogen-bond acceptors (Lipinski definition) is 2. The summed E-state index contributed by atoms with van der Waals surface area (Å²) in [5, 5.41) is 16.5. The molecule has 0 fully saturated rings. The summed E-state index contributed by atoms with van der Waals surface area (Å²) in [4.78, 5) is 0. The molecule has 98 valence electrons. The number of benzene rings is 2. The first-order chi connectivity index (χ1) is 9.81. The van der Waals surface area contributed by atoms with Crippen LogP contribution in [0.2, 0.25) is 0 Å². The second kappa shape index (κ2) is 5.45. The predicted molar refractivity (Wildman–Crippen MR) is 81.1 cm³/mol. The van der Waals surface area contributed by atoms with Crippen molar-refractivity contribution in [1.82, 2.24) is 10.2 Å². The van der Waals surface area contributed by atoms with Crippen molar-refractivity contribution in [1.29, 1.82) is 0 Å². The fourth-order valence-corrected chi connectivity index (χ4v) is 1.95. The summed E-state index contributed by atoms with van der Waals surface area (Å²) in [6, 6.07) is 19.1. The molecule has 0 radical (unpaired) electrons. The Bertz CT molecular complexity index is 712. The highest BCUT2D eigenvalue weighted by atomic mass is 16.3. The van der Waals surface area contributed by atoms with Gasteiger partial charge in [0.05, 0.1) is 11.4 Å². The van der Waals surface area contributed by atoms with E-state index in [9.17, 15) is 5.11 Å². The zero-order valence-corrected chi connectivity index (χ0v) is 10.8. The van der Waals surface area contributed by atoms with E-state index in [1.165, 1.54) is 0 Å². The molecule has 0 saturated heterocycles. The molecule has 0 amide bonds. The van der Waals surface area contributed by atoms with Gasteiger partial charge in [0, 0.05) is 5.56 Å². The number of aromatic nitrogens is 2. The summed E-state index contributed by atoms with van der Waals surface area (Å²) >= 11 is 0. The number of phenols is 1. The van der Waals surface area contributed by atoms with Gasteiger partial charge in [0.15, 0.2) is 0 Å². The average Bonchev–Trinajstić information content (AvgIpc) is 2.97. The lowest BCUT2D eigenvalue weighted by molar-refractivity contribution is 0.475. The molecule has 1 heterocycles. The Hall–Kier alpha value is -2.81. The van der Waals surface area contributed by atoms with Crippen LogP contribution in [0.15, 0.2) is 60.7 Å². The highest BCUT2D eigenvalue weighted by Gasteiger charge is 2.00. The molecule has 1 aromatic heterocycles. The van der Waals surface area contributed by atoms with E-state index in [0.717, 1.165) is 22.5 Å². The van der Waals surface area contributed by atoms with Crippen molar-refractivity contribution in [3.63, 3.8) is 0 Å². The molecule has 3 heteroatoms. The number of aromatic amines is 1. The third kappa shape index (κ3) is 2.78. The minimum absolute atomic E-state index is 0.273. The van der Waals surface area contributed by atoms with Gasteiger partial charge in [-0.3, -0.25) is 5.10 Å². The van der Waals surface area contributed by atoms with Gasteiger partial charge in [0.1, 0.15) is 5.75 Å². The summed E-state index contributed by atoms with van der Waals surface area (Å²) in [6.07, 6.45) is 3.94. The quantitative estimate of drug-likeness (QED) is 0.750. The molecular formula is C17H14N2O. The number of nitrogens with one attached hydrogen (secondary N) is 1. The van der Waals surface area contributed by atoms with Crippen LogP contribution in [0.1, 0.15) is 11.3 Å². The van der Waals surface area contributed by atoms with E-state index in [1.54, 1.807) is 12.1 Å². The summed E-state index contributed by atoms with van der Waals surface area (Å²) in [6.45, 7) is 0. The van der Waals surface area contributed by atoms with Crippen LogP contribution in [0.25, 0.3) is 23.4 Å². The van der Waals surface area contributed by atoms with Crippen molar-refractivity contribution in [2.45, 2.75) is 0 Å². The molecule has 3 nitrogen and oxygen atoms in total. The Morgan fingerprint density at radius 3 is 2.40 bits per heavy atom. The van der Waals surface area contributed by atoms with Gasteiger partial charge in [-0.1, -0.05) is 48.5 Å². The number of phenolic OH excluding ortho intramolecular Hbond substituents is 1. The normalized spacial score (nSPS) is 11.0. The van der Waals surface area contributed by atoms with E-state index >= 15 is 0 Å². The van der Waals surface area contributed by atoms with Crippen LogP contribution in [0.5, 0.6) is 5.75 Å². The Morgan fingerprint density at radius 2 is 1.65 bits per heavy atom. The van der Waals surface area contributed by atoms with Crippen molar-refractivity contribution in [2.24, 2.45) is 0 Å². The van der Waals surface area contributed by atoms with Crippen molar-refractivity contribution in [3.05, 3.63) is 71.9 Å². The number of H-pyrrole nitrogens is 1. The molecule has 2 aromatic carbocycles. The van der Waals surface area contributed by atoms with Crippen molar-refractivity contribution in [2.75, 3.05) is 0 Å².